The zero-order valence-corrected chi connectivity index (χ0v) is 16.2. The molecular formula is C23H20N2O5. The van der Waals surface area contributed by atoms with Crippen molar-refractivity contribution in [2.45, 2.75) is 6.92 Å². The van der Waals surface area contributed by atoms with Crippen molar-refractivity contribution in [1.82, 2.24) is 0 Å². The van der Waals surface area contributed by atoms with Crippen LogP contribution in [-0.2, 0) is 0 Å². The Bertz CT molecular complexity index is 1080. The number of hydrogen-bond donors (Lipinski definition) is 3. The van der Waals surface area contributed by atoms with Gasteiger partial charge in [-0.05, 0) is 61.5 Å². The Morgan fingerprint density at radius 2 is 1.53 bits per heavy atom. The Balaban J connectivity index is 1.72. The number of aromatic carboxylic acids is 1. The lowest BCUT2D eigenvalue weighted by Gasteiger charge is -2.10. The Labute approximate surface area is 173 Å². The number of ether oxygens (including phenoxy) is 1. The summed E-state index contributed by atoms with van der Waals surface area (Å²) in [5, 5.41) is 14.6. The molecule has 0 saturated heterocycles. The zero-order valence-electron chi connectivity index (χ0n) is 16.2. The Morgan fingerprint density at radius 3 is 2.23 bits per heavy atom. The van der Waals surface area contributed by atoms with Gasteiger partial charge >= 0.3 is 5.97 Å². The van der Waals surface area contributed by atoms with Crippen molar-refractivity contribution in [2.75, 3.05) is 17.2 Å². The largest absolute Gasteiger partial charge is 0.494 e. The first-order chi connectivity index (χ1) is 14.5. The monoisotopic (exact) mass is 404 g/mol. The molecule has 0 unspecified atom stereocenters. The molecule has 7 nitrogen and oxygen atoms in total. The molecule has 0 aliphatic rings. The fourth-order valence-corrected chi connectivity index (χ4v) is 2.78. The maximum Gasteiger partial charge on any atom is 0.337 e. The molecule has 0 saturated carbocycles. The number of benzene rings is 3. The summed E-state index contributed by atoms with van der Waals surface area (Å²) >= 11 is 0. The molecule has 0 fully saturated rings. The summed E-state index contributed by atoms with van der Waals surface area (Å²) in [5.74, 6) is -1.27. The molecule has 3 aromatic rings. The van der Waals surface area contributed by atoms with Crippen molar-refractivity contribution in [3.63, 3.8) is 0 Å². The smallest absolute Gasteiger partial charge is 0.337 e. The summed E-state index contributed by atoms with van der Waals surface area (Å²) in [4.78, 5) is 36.3. The predicted octanol–water partition coefficient (Wildman–Crippen LogP) is 4.29. The molecule has 3 N–H and O–H groups in total. The second kappa shape index (κ2) is 9.38. The second-order valence-corrected chi connectivity index (χ2v) is 6.30. The van der Waals surface area contributed by atoms with Crippen molar-refractivity contribution < 1.29 is 24.2 Å². The van der Waals surface area contributed by atoms with Crippen LogP contribution in [0, 0.1) is 0 Å². The number of carbonyl (C=O) groups is 3. The number of rotatable bonds is 7. The highest BCUT2D eigenvalue weighted by Crippen LogP contribution is 2.19. The third kappa shape index (κ3) is 5.02. The van der Waals surface area contributed by atoms with Gasteiger partial charge in [-0.15, -0.1) is 0 Å². The fraction of sp³-hybridized carbons (Fsp3) is 0.0870. The standard InChI is InChI=1S/C23H20N2O5/c1-2-30-18-12-10-15(11-13-18)21(26)24-17-7-5-6-16(14-17)22(27)25-20-9-4-3-8-19(20)23(28)29/h3-14H,2H2,1H3,(H,24,26)(H,25,27)(H,28,29). The van der Waals surface area contributed by atoms with Crippen molar-refractivity contribution in [2.24, 2.45) is 0 Å². The van der Waals surface area contributed by atoms with Crippen LogP contribution in [0.2, 0.25) is 0 Å². The van der Waals surface area contributed by atoms with Crippen LogP contribution in [0.5, 0.6) is 5.75 Å². The predicted molar refractivity (Wildman–Crippen MR) is 113 cm³/mol. The van der Waals surface area contributed by atoms with Gasteiger partial charge in [-0.3, -0.25) is 9.59 Å². The molecule has 0 atom stereocenters. The molecule has 0 heterocycles. The third-order valence-electron chi connectivity index (χ3n) is 4.22. The van der Waals surface area contributed by atoms with Gasteiger partial charge in [-0.2, -0.15) is 0 Å². The molecule has 0 spiro atoms. The van der Waals surface area contributed by atoms with E-state index in [9.17, 15) is 19.5 Å². The number of para-hydroxylation sites is 1. The molecule has 0 radical (unpaired) electrons. The molecule has 0 bridgehead atoms. The highest BCUT2D eigenvalue weighted by Gasteiger charge is 2.14. The van der Waals surface area contributed by atoms with E-state index in [1.54, 1.807) is 54.6 Å². The average molecular weight is 404 g/mol. The van der Waals surface area contributed by atoms with Gasteiger partial charge in [0.1, 0.15) is 5.75 Å². The van der Waals surface area contributed by atoms with E-state index in [0.29, 0.717) is 23.6 Å². The van der Waals surface area contributed by atoms with Crippen LogP contribution < -0.4 is 15.4 Å². The number of anilines is 2. The van der Waals surface area contributed by atoms with Crippen LogP contribution >= 0.6 is 0 Å². The van der Waals surface area contributed by atoms with E-state index in [-0.39, 0.29) is 22.7 Å². The number of carboxylic acids is 1. The number of carboxylic acid groups (broad SMARTS) is 1. The van der Waals surface area contributed by atoms with Gasteiger partial charge in [0.15, 0.2) is 0 Å². The fourth-order valence-electron chi connectivity index (χ4n) is 2.78. The van der Waals surface area contributed by atoms with Crippen molar-refractivity contribution in [3.8, 4) is 5.75 Å². The first-order valence-corrected chi connectivity index (χ1v) is 9.26. The normalized spacial score (nSPS) is 10.2. The van der Waals surface area contributed by atoms with E-state index in [0.717, 1.165) is 0 Å². The van der Waals surface area contributed by atoms with Gasteiger partial charge in [0, 0.05) is 16.8 Å². The molecule has 0 aliphatic carbocycles. The van der Waals surface area contributed by atoms with E-state index >= 15 is 0 Å². The molecule has 30 heavy (non-hydrogen) atoms. The number of amides is 2. The van der Waals surface area contributed by atoms with Crippen LogP contribution in [-0.4, -0.2) is 29.5 Å². The van der Waals surface area contributed by atoms with E-state index in [1.807, 2.05) is 6.92 Å². The highest BCUT2D eigenvalue weighted by molar-refractivity contribution is 6.09. The van der Waals surface area contributed by atoms with Crippen molar-refractivity contribution >= 4 is 29.2 Å². The quantitative estimate of drug-likeness (QED) is 0.545. The number of carbonyl (C=O) groups excluding carboxylic acids is 2. The molecule has 0 aliphatic heterocycles. The minimum absolute atomic E-state index is 0.00851. The Hall–Kier alpha value is -4.13. The zero-order chi connectivity index (χ0) is 21.5. The van der Waals surface area contributed by atoms with Crippen molar-refractivity contribution in [3.05, 3.63) is 89.5 Å². The first-order valence-electron chi connectivity index (χ1n) is 9.26. The summed E-state index contributed by atoms with van der Waals surface area (Å²) in [5.41, 5.74) is 1.35. The third-order valence-corrected chi connectivity index (χ3v) is 4.22. The first kappa shape index (κ1) is 20.6. The molecule has 3 aromatic carbocycles. The molecule has 0 aromatic heterocycles. The molecular weight excluding hydrogens is 384 g/mol. The van der Waals surface area contributed by atoms with Crippen LogP contribution in [0.4, 0.5) is 11.4 Å². The van der Waals surface area contributed by atoms with Gasteiger partial charge in [-0.1, -0.05) is 18.2 Å². The van der Waals surface area contributed by atoms with Gasteiger partial charge < -0.3 is 20.5 Å². The van der Waals surface area contributed by atoms with Crippen molar-refractivity contribution in [1.29, 1.82) is 0 Å². The maximum atomic E-state index is 12.6. The highest BCUT2D eigenvalue weighted by atomic mass is 16.5. The van der Waals surface area contributed by atoms with Gasteiger partial charge in [0.2, 0.25) is 0 Å². The lowest BCUT2D eigenvalue weighted by Crippen LogP contribution is -2.16. The summed E-state index contributed by atoms with van der Waals surface area (Å²) in [6, 6.07) is 19.2. The molecule has 2 amide bonds. The van der Waals surface area contributed by atoms with Gasteiger partial charge in [0.25, 0.3) is 11.8 Å². The lowest BCUT2D eigenvalue weighted by molar-refractivity contribution is 0.0697. The van der Waals surface area contributed by atoms with Crippen LogP contribution in [0.15, 0.2) is 72.8 Å². The lowest BCUT2D eigenvalue weighted by atomic mass is 10.1. The summed E-state index contributed by atoms with van der Waals surface area (Å²) in [6.07, 6.45) is 0. The molecule has 3 rings (SSSR count). The Kier molecular flexibility index (Phi) is 6.44. The van der Waals surface area contributed by atoms with E-state index in [1.165, 1.54) is 18.2 Å². The number of nitrogens with one attached hydrogen (secondary N) is 2. The van der Waals surface area contributed by atoms with Gasteiger partial charge in [0.05, 0.1) is 17.9 Å². The van der Waals surface area contributed by atoms with E-state index < -0.39 is 11.9 Å². The topological polar surface area (TPSA) is 105 Å². The summed E-state index contributed by atoms with van der Waals surface area (Å²) in [6.45, 7) is 2.42. The minimum Gasteiger partial charge on any atom is -0.494 e. The molecule has 152 valence electrons. The summed E-state index contributed by atoms with van der Waals surface area (Å²) < 4.78 is 5.36. The van der Waals surface area contributed by atoms with Crippen LogP contribution in [0.1, 0.15) is 38.0 Å². The second-order valence-electron chi connectivity index (χ2n) is 6.30. The van der Waals surface area contributed by atoms with Crippen LogP contribution in [0.3, 0.4) is 0 Å². The summed E-state index contributed by atoms with van der Waals surface area (Å²) in [7, 11) is 0. The molecule has 7 heteroatoms. The number of hydrogen-bond acceptors (Lipinski definition) is 4. The minimum atomic E-state index is -1.14. The Morgan fingerprint density at radius 1 is 0.833 bits per heavy atom. The van der Waals surface area contributed by atoms with E-state index in [4.69, 9.17) is 4.74 Å². The SMILES string of the molecule is CCOc1ccc(C(=O)Nc2cccc(C(=O)Nc3ccccc3C(=O)O)c2)cc1. The van der Waals surface area contributed by atoms with E-state index in [2.05, 4.69) is 10.6 Å². The average Bonchev–Trinajstić information content (AvgIpc) is 2.75. The maximum absolute atomic E-state index is 12.6. The van der Waals surface area contributed by atoms with Gasteiger partial charge in [-0.25, -0.2) is 4.79 Å². The van der Waals surface area contributed by atoms with Crippen LogP contribution in [0.25, 0.3) is 0 Å².